The number of carbonyl (C=O) groups excluding carboxylic acids is 2. The Morgan fingerprint density at radius 3 is 2.31 bits per heavy atom. The Morgan fingerprint density at radius 2 is 1.72 bits per heavy atom. The average Bonchev–Trinajstić information content (AvgIpc) is 2.90. The normalized spacial score (nSPS) is 14.3. The Bertz CT molecular complexity index is 963. The van der Waals surface area contributed by atoms with E-state index in [4.69, 9.17) is 4.74 Å². The van der Waals surface area contributed by atoms with Gasteiger partial charge >= 0.3 is 0 Å². The molecule has 0 fully saturated rings. The third-order valence-electron chi connectivity index (χ3n) is 4.50. The van der Waals surface area contributed by atoms with Crippen molar-refractivity contribution in [3.05, 3.63) is 64.1 Å². The fourth-order valence-electron chi connectivity index (χ4n) is 3.30. The highest BCUT2D eigenvalue weighted by Crippen LogP contribution is 2.39. The maximum Gasteiger partial charge on any atom is 0.272 e. The zero-order valence-corrected chi connectivity index (χ0v) is 17.9. The van der Waals surface area contributed by atoms with E-state index in [1.54, 1.807) is 24.3 Å². The molecule has 3 rings (SSSR count). The predicted molar refractivity (Wildman–Crippen MR) is 117 cm³/mol. The molecule has 29 heavy (non-hydrogen) atoms. The molecule has 2 amide bonds. The number of thioether (sulfide) groups is 1. The summed E-state index contributed by atoms with van der Waals surface area (Å²) in [5.41, 5.74) is 3.67. The first-order chi connectivity index (χ1) is 13.8. The van der Waals surface area contributed by atoms with Gasteiger partial charge in [0.05, 0.1) is 28.9 Å². The SMILES string of the molecule is Cc1ccc(C2=C(SCCO)C(=O)N(c3ccc(OC(C)C)cc3)C2=O)c(C)c1. The van der Waals surface area contributed by atoms with Crippen LogP contribution in [0.3, 0.4) is 0 Å². The number of nitrogens with zero attached hydrogens (tertiary/aromatic N) is 1. The van der Waals surface area contributed by atoms with Crippen LogP contribution in [0, 0.1) is 13.8 Å². The lowest BCUT2D eigenvalue weighted by Crippen LogP contribution is -2.31. The molecule has 6 heteroatoms. The van der Waals surface area contributed by atoms with Crippen LogP contribution in [0.2, 0.25) is 0 Å². The van der Waals surface area contributed by atoms with Crippen molar-refractivity contribution < 1.29 is 19.4 Å². The summed E-state index contributed by atoms with van der Waals surface area (Å²) in [7, 11) is 0. The molecule has 2 aromatic rings. The summed E-state index contributed by atoms with van der Waals surface area (Å²) >= 11 is 1.21. The molecule has 2 aromatic carbocycles. The second kappa shape index (κ2) is 8.84. The van der Waals surface area contributed by atoms with Gasteiger partial charge in [-0.15, -0.1) is 11.8 Å². The Hall–Kier alpha value is -2.57. The second-order valence-electron chi connectivity index (χ2n) is 7.20. The number of hydrogen-bond donors (Lipinski definition) is 1. The van der Waals surface area contributed by atoms with Crippen LogP contribution in [0.15, 0.2) is 47.4 Å². The van der Waals surface area contributed by atoms with Gasteiger partial charge in [-0.05, 0) is 63.1 Å². The summed E-state index contributed by atoms with van der Waals surface area (Å²) in [5.74, 6) is 0.318. The van der Waals surface area contributed by atoms with E-state index in [-0.39, 0.29) is 24.5 Å². The largest absolute Gasteiger partial charge is 0.491 e. The predicted octanol–water partition coefficient (Wildman–Crippen LogP) is 4.10. The van der Waals surface area contributed by atoms with Gasteiger partial charge in [-0.3, -0.25) is 9.59 Å². The molecule has 1 N–H and O–H groups in total. The number of aliphatic hydroxyl groups excluding tert-OH is 1. The highest BCUT2D eigenvalue weighted by molar-refractivity contribution is 8.04. The van der Waals surface area contributed by atoms with Crippen molar-refractivity contribution >= 4 is 34.8 Å². The zero-order valence-electron chi connectivity index (χ0n) is 17.1. The van der Waals surface area contributed by atoms with Crippen molar-refractivity contribution in [3.8, 4) is 5.75 Å². The minimum absolute atomic E-state index is 0.0372. The van der Waals surface area contributed by atoms with Gasteiger partial charge < -0.3 is 9.84 Å². The lowest BCUT2D eigenvalue weighted by molar-refractivity contribution is -0.119. The minimum Gasteiger partial charge on any atom is -0.491 e. The van der Waals surface area contributed by atoms with Gasteiger partial charge in [0.15, 0.2) is 0 Å². The van der Waals surface area contributed by atoms with Gasteiger partial charge in [-0.1, -0.05) is 23.8 Å². The second-order valence-corrected chi connectivity index (χ2v) is 8.31. The molecule has 0 atom stereocenters. The molecular weight excluding hydrogens is 386 g/mol. The fourth-order valence-corrected chi connectivity index (χ4v) is 4.16. The number of hydrogen-bond acceptors (Lipinski definition) is 5. The lowest BCUT2D eigenvalue weighted by Gasteiger charge is -2.17. The number of rotatable bonds is 7. The van der Waals surface area contributed by atoms with Crippen LogP contribution in [0.25, 0.3) is 5.57 Å². The summed E-state index contributed by atoms with van der Waals surface area (Å²) in [6, 6.07) is 12.8. The molecule has 0 aliphatic carbocycles. The molecule has 0 unspecified atom stereocenters. The van der Waals surface area contributed by atoms with E-state index in [1.807, 2.05) is 45.9 Å². The van der Waals surface area contributed by atoms with E-state index in [1.165, 1.54) is 16.7 Å². The van der Waals surface area contributed by atoms with Gasteiger partial charge in [0.1, 0.15) is 5.75 Å². The van der Waals surface area contributed by atoms with Crippen molar-refractivity contribution in [2.75, 3.05) is 17.3 Å². The van der Waals surface area contributed by atoms with Crippen LogP contribution in [0.5, 0.6) is 5.75 Å². The third kappa shape index (κ3) is 4.38. The molecule has 0 bridgehead atoms. The minimum atomic E-state index is -0.360. The summed E-state index contributed by atoms with van der Waals surface area (Å²) in [6.45, 7) is 7.72. The lowest BCUT2D eigenvalue weighted by atomic mass is 9.99. The van der Waals surface area contributed by atoms with E-state index in [2.05, 4.69) is 0 Å². The number of ether oxygens (including phenoxy) is 1. The first-order valence-electron chi connectivity index (χ1n) is 9.54. The van der Waals surface area contributed by atoms with Crippen LogP contribution in [0.1, 0.15) is 30.5 Å². The highest BCUT2D eigenvalue weighted by Gasteiger charge is 2.40. The first kappa shape index (κ1) is 21.1. The molecule has 0 aromatic heterocycles. The van der Waals surface area contributed by atoms with Crippen LogP contribution < -0.4 is 9.64 Å². The van der Waals surface area contributed by atoms with Crippen molar-refractivity contribution in [3.63, 3.8) is 0 Å². The van der Waals surface area contributed by atoms with Crippen LogP contribution in [-0.4, -0.2) is 35.4 Å². The molecule has 1 heterocycles. The maximum absolute atomic E-state index is 13.3. The number of anilines is 1. The molecule has 1 aliphatic rings. The average molecular weight is 412 g/mol. The van der Waals surface area contributed by atoms with E-state index in [9.17, 15) is 14.7 Å². The smallest absolute Gasteiger partial charge is 0.272 e. The Balaban J connectivity index is 2.01. The van der Waals surface area contributed by atoms with Gasteiger partial charge in [0.2, 0.25) is 0 Å². The van der Waals surface area contributed by atoms with E-state index < -0.39 is 0 Å². The number of imide groups is 1. The monoisotopic (exact) mass is 411 g/mol. The summed E-state index contributed by atoms with van der Waals surface area (Å²) in [4.78, 5) is 28.1. The van der Waals surface area contributed by atoms with Gasteiger partial charge in [-0.2, -0.15) is 0 Å². The highest BCUT2D eigenvalue weighted by atomic mass is 32.2. The Kier molecular flexibility index (Phi) is 6.45. The Labute approximate surface area is 175 Å². The van der Waals surface area contributed by atoms with Gasteiger partial charge in [0, 0.05) is 5.75 Å². The van der Waals surface area contributed by atoms with Gasteiger partial charge in [-0.25, -0.2) is 4.90 Å². The maximum atomic E-state index is 13.3. The van der Waals surface area contributed by atoms with E-state index >= 15 is 0 Å². The van der Waals surface area contributed by atoms with Crippen molar-refractivity contribution in [1.82, 2.24) is 0 Å². The number of carbonyl (C=O) groups is 2. The fraction of sp³-hybridized carbons (Fsp3) is 0.304. The van der Waals surface area contributed by atoms with E-state index in [0.717, 1.165) is 16.7 Å². The molecule has 0 spiro atoms. The van der Waals surface area contributed by atoms with Crippen LogP contribution in [-0.2, 0) is 9.59 Å². The molecule has 1 aliphatic heterocycles. The van der Waals surface area contributed by atoms with Gasteiger partial charge in [0.25, 0.3) is 11.8 Å². The number of aryl methyl sites for hydroxylation is 2. The van der Waals surface area contributed by atoms with E-state index in [0.29, 0.717) is 27.7 Å². The quantitative estimate of drug-likeness (QED) is 0.695. The van der Waals surface area contributed by atoms with Crippen LogP contribution >= 0.6 is 11.8 Å². The van der Waals surface area contributed by atoms with Crippen molar-refractivity contribution in [2.24, 2.45) is 0 Å². The summed E-state index contributed by atoms with van der Waals surface area (Å²) in [6.07, 6.45) is 0.0372. The van der Waals surface area contributed by atoms with Crippen molar-refractivity contribution in [1.29, 1.82) is 0 Å². The summed E-state index contributed by atoms with van der Waals surface area (Å²) in [5, 5.41) is 9.24. The Morgan fingerprint density at radius 1 is 1.03 bits per heavy atom. The standard InChI is InChI=1S/C23H25NO4S/c1-14(2)28-18-8-6-17(7-9-18)24-22(26)20(21(23(24)27)29-12-11-25)19-10-5-15(3)13-16(19)4/h5-10,13-14,25H,11-12H2,1-4H3. The van der Waals surface area contributed by atoms with Crippen molar-refractivity contribution in [2.45, 2.75) is 33.8 Å². The molecule has 0 radical (unpaired) electrons. The number of aliphatic hydroxyl groups is 1. The first-order valence-corrected chi connectivity index (χ1v) is 10.5. The molecule has 0 saturated heterocycles. The summed E-state index contributed by atoms with van der Waals surface area (Å²) < 4.78 is 5.65. The number of benzene rings is 2. The zero-order chi connectivity index (χ0) is 21.1. The number of amides is 2. The topological polar surface area (TPSA) is 66.8 Å². The molecule has 5 nitrogen and oxygen atoms in total. The molecular formula is C23H25NO4S. The third-order valence-corrected chi connectivity index (χ3v) is 5.55. The molecule has 152 valence electrons. The molecule has 0 saturated carbocycles. The van der Waals surface area contributed by atoms with Crippen LogP contribution in [0.4, 0.5) is 5.69 Å².